The number of carbonyl (C=O) groups is 2. The minimum absolute atomic E-state index is 0.264. The Bertz CT molecular complexity index is 1080. The van der Waals surface area contributed by atoms with E-state index in [0.29, 0.717) is 17.1 Å². The number of aldehydes is 1. The molecular formula is C20H14O3S. The zero-order chi connectivity index (χ0) is 16.7. The fourth-order valence-electron chi connectivity index (χ4n) is 3.25. The average molecular weight is 334 g/mol. The van der Waals surface area contributed by atoms with Crippen molar-refractivity contribution in [3.8, 4) is 5.75 Å². The Balaban J connectivity index is 2.05. The molecule has 24 heavy (non-hydrogen) atoms. The molecule has 0 radical (unpaired) electrons. The van der Waals surface area contributed by atoms with Gasteiger partial charge in [-0.25, -0.2) is 0 Å². The second kappa shape index (κ2) is 5.80. The number of hydrogen-bond donors (Lipinski definition) is 1. The van der Waals surface area contributed by atoms with Crippen molar-refractivity contribution in [1.82, 2.24) is 0 Å². The van der Waals surface area contributed by atoms with Crippen LogP contribution in [0.4, 0.5) is 0 Å². The van der Waals surface area contributed by atoms with Crippen molar-refractivity contribution in [3.63, 3.8) is 0 Å². The van der Waals surface area contributed by atoms with E-state index in [4.69, 9.17) is 4.74 Å². The highest BCUT2D eigenvalue weighted by molar-refractivity contribution is 7.80. The Morgan fingerprint density at radius 2 is 1.54 bits per heavy atom. The first kappa shape index (κ1) is 15.0. The Morgan fingerprint density at radius 1 is 0.917 bits per heavy atom. The number of rotatable bonds is 4. The Morgan fingerprint density at radius 3 is 2.25 bits per heavy atom. The van der Waals surface area contributed by atoms with Crippen LogP contribution >= 0.6 is 12.6 Å². The first-order valence-corrected chi connectivity index (χ1v) is 8.33. The summed E-state index contributed by atoms with van der Waals surface area (Å²) in [6, 6.07) is 15.5. The Labute approximate surface area is 144 Å². The van der Waals surface area contributed by atoms with E-state index in [1.807, 2.05) is 48.5 Å². The van der Waals surface area contributed by atoms with E-state index in [9.17, 15) is 9.59 Å². The zero-order valence-corrected chi connectivity index (χ0v) is 13.7. The monoisotopic (exact) mass is 334 g/mol. The van der Waals surface area contributed by atoms with Gasteiger partial charge in [-0.1, -0.05) is 36.4 Å². The topological polar surface area (TPSA) is 43.4 Å². The highest BCUT2D eigenvalue weighted by Gasteiger charge is 2.14. The van der Waals surface area contributed by atoms with Gasteiger partial charge in [0.05, 0.1) is 6.42 Å². The summed E-state index contributed by atoms with van der Waals surface area (Å²) in [5, 5.41) is 5.96. The predicted molar refractivity (Wildman–Crippen MR) is 99.6 cm³/mol. The summed E-state index contributed by atoms with van der Waals surface area (Å²) in [7, 11) is 0. The van der Waals surface area contributed by atoms with Gasteiger partial charge in [-0.15, -0.1) is 0 Å². The van der Waals surface area contributed by atoms with E-state index in [-0.39, 0.29) is 12.4 Å². The maximum Gasteiger partial charge on any atom is 0.312 e. The van der Waals surface area contributed by atoms with E-state index in [1.165, 1.54) is 0 Å². The van der Waals surface area contributed by atoms with Gasteiger partial charge < -0.3 is 4.74 Å². The van der Waals surface area contributed by atoms with Crippen LogP contribution in [0.2, 0.25) is 0 Å². The minimum Gasteiger partial charge on any atom is -0.426 e. The summed E-state index contributed by atoms with van der Waals surface area (Å²) in [6.07, 6.45) is 1.14. The quantitative estimate of drug-likeness (QED) is 0.195. The van der Waals surface area contributed by atoms with Crippen molar-refractivity contribution in [2.45, 2.75) is 6.42 Å². The second-order valence-electron chi connectivity index (χ2n) is 5.71. The van der Waals surface area contributed by atoms with Gasteiger partial charge in [-0.2, -0.15) is 12.6 Å². The van der Waals surface area contributed by atoms with Gasteiger partial charge in [-0.3, -0.25) is 9.59 Å². The fraction of sp³-hybridized carbons (Fsp3) is 0.100. The van der Waals surface area contributed by atoms with Gasteiger partial charge in [0.2, 0.25) is 0 Å². The fourth-order valence-corrected chi connectivity index (χ4v) is 3.44. The number of benzene rings is 4. The lowest BCUT2D eigenvalue weighted by atomic mass is 9.92. The molecule has 0 unspecified atom stereocenters. The van der Waals surface area contributed by atoms with Gasteiger partial charge in [0.25, 0.3) is 0 Å². The molecule has 4 heteroatoms. The van der Waals surface area contributed by atoms with Gasteiger partial charge in [-0.05, 0) is 33.7 Å². The first-order chi connectivity index (χ1) is 11.7. The van der Waals surface area contributed by atoms with Gasteiger partial charge >= 0.3 is 5.97 Å². The Hall–Kier alpha value is -2.59. The molecule has 4 aromatic rings. The van der Waals surface area contributed by atoms with Crippen LogP contribution in [0.3, 0.4) is 0 Å². The molecule has 3 nitrogen and oxygen atoms in total. The normalized spacial score (nSPS) is 11.4. The molecule has 4 aromatic carbocycles. The maximum absolute atomic E-state index is 11.9. The lowest BCUT2D eigenvalue weighted by molar-refractivity contribution is -0.133. The molecule has 0 aliphatic rings. The van der Waals surface area contributed by atoms with Crippen molar-refractivity contribution >= 4 is 57.2 Å². The third-order valence-electron chi connectivity index (χ3n) is 4.33. The molecular weight excluding hydrogens is 320 g/mol. The van der Waals surface area contributed by atoms with Crippen LogP contribution in [0.25, 0.3) is 32.3 Å². The second-order valence-corrected chi connectivity index (χ2v) is 6.15. The van der Waals surface area contributed by atoms with Crippen LogP contribution in [0.15, 0.2) is 48.5 Å². The number of carbonyl (C=O) groups excluding carboxylic acids is 2. The third kappa shape index (κ3) is 2.22. The van der Waals surface area contributed by atoms with Crippen LogP contribution in [0.5, 0.6) is 5.75 Å². The van der Waals surface area contributed by atoms with Crippen LogP contribution < -0.4 is 4.74 Å². The molecule has 0 heterocycles. The van der Waals surface area contributed by atoms with Crippen molar-refractivity contribution in [2.75, 3.05) is 5.75 Å². The molecule has 0 N–H and O–H groups in total. The molecule has 0 atom stereocenters. The number of thiol groups is 1. The maximum atomic E-state index is 11.9. The first-order valence-electron chi connectivity index (χ1n) is 7.70. The van der Waals surface area contributed by atoms with Gasteiger partial charge in [0.1, 0.15) is 5.75 Å². The molecule has 0 saturated carbocycles. The van der Waals surface area contributed by atoms with E-state index in [2.05, 4.69) is 12.6 Å². The van der Waals surface area contributed by atoms with Crippen molar-refractivity contribution < 1.29 is 14.3 Å². The molecule has 118 valence electrons. The molecule has 0 saturated heterocycles. The summed E-state index contributed by atoms with van der Waals surface area (Å²) in [5.41, 5.74) is 0.661. The lowest BCUT2D eigenvalue weighted by Gasteiger charge is -2.14. The number of ether oxygens (including phenoxy) is 1. The highest BCUT2D eigenvalue weighted by Crippen LogP contribution is 2.39. The molecule has 0 spiro atoms. The smallest absolute Gasteiger partial charge is 0.312 e. The molecule has 0 fully saturated rings. The standard InChI is InChI=1S/C20H14O3S/c21-11-14-2-1-12-4-7-16-17(23-18(22)9-10-24)8-5-13-3-6-15(14)19(12)20(13)16/h1-8,11,24H,9-10H2. The minimum atomic E-state index is -0.298. The summed E-state index contributed by atoms with van der Waals surface area (Å²) in [6.45, 7) is 0. The number of esters is 1. The van der Waals surface area contributed by atoms with E-state index >= 15 is 0 Å². The van der Waals surface area contributed by atoms with E-state index in [1.54, 1.807) is 0 Å². The Kier molecular flexibility index (Phi) is 3.62. The van der Waals surface area contributed by atoms with Crippen molar-refractivity contribution in [3.05, 3.63) is 54.1 Å². The van der Waals surface area contributed by atoms with Crippen LogP contribution in [0.1, 0.15) is 16.8 Å². The van der Waals surface area contributed by atoms with Crippen molar-refractivity contribution in [2.24, 2.45) is 0 Å². The highest BCUT2D eigenvalue weighted by atomic mass is 32.1. The summed E-state index contributed by atoms with van der Waals surface area (Å²) >= 11 is 4.07. The molecule has 0 bridgehead atoms. The average Bonchev–Trinajstić information content (AvgIpc) is 2.61. The van der Waals surface area contributed by atoms with E-state index in [0.717, 1.165) is 38.6 Å². The molecule has 0 aliphatic carbocycles. The summed E-state index contributed by atoms with van der Waals surface area (Å²) in [5.74, 6) is 0.696. The lowest BCUT2D eigenvalue weighted by Crippen LogP contribution is -2.08. The van der Waals surface area contributed by atoms with Crippen molar-refractivity contribution in [1.29, 1.82) is 0 Å². The predicted octanol–water partition coefficient (Wildman–Crippen LogP) is 4.62. The largest absolute Gasteiger partial charge is 0.426 e. The third-order valence-corrected chi connectivity index (χ3v) is 4.55. The molecule has 4 rings (SSSR count). The number of hydrogen-bond acceptors (Lipinski definition) is 4. The van der Waals surface area contributed by atoms with E-state index < -0.39 is 0 Å². The summed E-state index contributed by atoms with van der Waals surface area (Å²) in [4.78, 5) is 23.2. The molecule has 0 aliphatic heterocycles. The van der Waals surface area contributed by atoms with Crippen LogP contribution in [-0.4, -0.2) is 18.0 Å². The van der Waals surface area contributed by atoms with Gasteiger partial charge in [0, 0.05) is 22.1 Å². The van der Waals surface area contributed by atoms with Crippen LogP contribution in [-0.2, 0) is 4.79 Å². The van der Waals surface area contributed by atoms with Crippen LogP contribution in [0, 0.1) is 0 Å². The molecule has 0 amide bonds. The SMILES string of the molecule is O=Cc1ccc2ccc3c(OC(=O)CCS)ccc4ccc1c2c43. The summed E-state index contributed by atoms with van der Waals surface area (Å²) < 4.78 is 5.51. The van der Waals surface area contributed by atoms with Gasteiger partial charge in [0.15, 0.2) is 6.29 Å². The zero-order valence-electron chi connectivity index (χ0n) is 12.8. The molecule has 0 aromatic heterocycles.